The molecule has 0 aliphatic carbocycles. The number of nitrogens with zero attached hydrogens (tertiary/aromatic N) is 3. The summed E-state index contributed by atoms with van der Waals surface area (Å²) in [6.45, 7) is 4.08. The van der Waals surface area contributed by atoms with Crippen molar-refractivity contribution >= 4 is 0 Å². The molecule has 2 aromatic rings. The SMILES string of the molecule is CCCCO[C@H](C)[C@@](O)(Cn1cncn1)c1ccc(F)cc1F. The lowest BCUT2D eigenvalue weighted by molar-refractivity contribution is -0.119. The lowest BCUT2D eigenvalue weighted by atomic mass is 9.88. The molecule has 0 fully saturated rings. The zero-order valence-electron chi connectivity index (χ0n) is 13.2. The largest absolute Gasteiger partial charge is 0.380 e. The van der Waals surface area contributed by atoms with Crippen molar-refractivity contribution in [3.63, 3.8) is 0 Å². The van der Waals surface area contributed by atoms with E-state index in [1.807, 2.05) is 6.92 Å². The molecule has 0 radical (unpaired) electrons. The van der Waals surface area contributed by atoms with Gasteiger partial charge in [0.1, 0.15) is 29.9 Å². The third-order valence-electron chi connectivity index (χ3n) is 3.81. The van der Waals surface area contributed by atoms with Crippen LogP contribution in [0.4, 0.5) is 8.78 Å². The van der Waals surface area contributed by atoms with E-state index in [-0.39, 0.29) is 12.1 Å². The second-order valence-corrected chi connectivity index (χ2v) is 5.51. The van der Waals surface area contributed by atoms with Gasteiger partial charge in [0.05, 0.1) is 12.6 Å². The van der Waals surface area contributed by atoms with Crippen LogP contribution in [0.2, 0.25) is 0 Å². The van der Waals surface area contributed by atoms with Crippen LogP contribution in [0, 0.1) is 11.6 Å². The van der Waals surface area contributed by atoms with Crippen molar-refractivity contribution in [2.75, 3.05) is 6.61 Å². The van der Waals surface area contributed by atoms with Crippen LogP contribution in [0.3, 0.4) is 0 Å². The first kappa shape index (κ1) is 17.5. The zero-order valence-corrected chi connectivity index (χ0v) is 13.2. The summed E-state index contributed by atoms with van der Waals surface area (Å²) in [4.78, 5) is 3.82. The number of unbranched alkanes of at least 4 members (excludes halogenated alkanes) is 1. The monoisotopic (exact) mass is 325 g/mol. The molecule has 126 valence electrons. The fraction of sp³-hybridized carbons (Fsp3) is 0.500. The third-order valence-corrected chi connectivity index (χ3v) is 3.81. The minimum Gasteiger partial charge on any atom is -0.380 e. The highest BCUT2D eigenvalue weighted by atomic mass is 19.1. The maximum atomic E-state index is 14.2. The lowest BCUT2D eigenvalue weighted by Gasteiger charge is -2.34. The van der Waals surface area contributed by atoms with E-state index in [9.17, 15) is 13.9 Å². The van der Waals surface area contributed by atoms with Gasteiger partial charge in [0.2, 0.25) is 0 Å². The second kappa shape index (κ2) is 7.61. The predicted molar refractivity (Wildman–Crippen MR) is 80.6 cm³/mol. The topological polar surface area (TPSA) is 60.2 Å². The molecule has 0 saturated carbocycles. The Labute approximate surface area is 133 Å². The lowest BCUT2D eigenvalue weighted by Crippen LogP contribution is -2.44. The number of aromatic nitrogens is 3. The van der Waals surface area contributed by atoms with Gasteiger partial charge in [0.25, 0.3) is 0 Å². The summed E-state index contributed by atoms with van der Waals surface area (Å²) >= 11 is 0. The summed E-state index contributed by atoms with van der Waals surface area (Å²) in [5.41, 5.74) is -1.72. The van der Waals surface area contributed by atoms with Crippen molar-refractivity contribution in [3.05, 3.63) is 48.1 Å². The second-order valence-electron chi connectivity index (χ2n) is 5.51. The average Bonchev–Trinajstić information content (AvgIpc) is 2.99. The van der Waals surface area contributed by atoms with Crippen molar-refractivity contribution < 1.29 is 18.6 Å². The molecule has 1 heterocycles. The minimum absolute atomic E-state index is 0.0293. The number of hydrogen-bond acceptors (Lipinski definition) is 4. The first-order chi connectivity index (χ1) is 11.0. The molecule has 1 aromatic carbocycles. The molecule has 5 nitrogen and oxygen atoms in total. The first-order valence-corrected chi connectivity index (χ1v) is 7.59. The molecule has 2 rings (SSSR count). The van der Waals surface area contributed by atoms with Crippen molar-refractivity contribution in [2.45, 2.75) is 44.9 Å². The van der Waals surface area contributed by atoms with Gasteiger partial charge >= 0.3 is 0 Å². The molecule has 0 unspecified atom stereocenters. The van der Waals surface area contributed by atoms with Gasteiger partial charge in [0.15, 0.2) is 0 Å². The Morgan fingerprint density at radius 3 is 2.78 bits per heavy atom. The van der Waals surface area contributed by atoms with Crippen LogP contribution in [0.25, 0.3) is 0 Å². The summed E-state index contributed by atoms with van der Waals surface area (Å²) in [5, 5.41) is 15.1. The van der Waals surface area contributed by atoms with E-state index in [4.69, 9.17) is 4.74 Å². The van der Waals surface area contributed by atoms with E-state index in [1.165, 1.54) is 23.4 Å². The number of benzene rings is 1. The van der Waals surface area contributed by atoms with Crippen LogP contribution in [0.15, 0.2) is 30.9 Å². The summed E-state index contributed by atoms with van der Waals surface area (Å²) in [6.07, 6.45) is 3.81. The molecule has 0 saturated heterocycles. The number of halogens is 2. The summed E-state index contributed by atoms with van der Waals surface area (Å²) in [6, 6.07) is 3.10. The smallest absolute Gasteiger partial charge is 0.138 e. The van der Waals surface area contributed by atoms with Gasteiger partial charge in [-0.3, -0.25) is 0 Å². The Kier molecular flexibility index (Phi) is 5.79. The van der Waals surface area contributed by atoms with Gasteiger partial charge < -0.3 is 9.84 Å². The molecular weight excluding hydrogens is 304 g/mol. The van der Waals surface area contributed by atoms with E-state index in [0.29, 0.717) is 6.61 Å². The third kappa shape index (κ3) is 4.11. The number of hydrogen-bond donors (Lipinski definition) is 1. The molecule has 23 heavy (non-hydrogen) atoms. The van der Waals surface area contributed by atoms with Gasteiger partial charge in [-0.2, -0.15) is 5.10 Å². The van der Waals surface area contributed by atoms with Gasteiger partial charge in [-0.05, 0) is 19.4 Å². The van der Waals surface area contributed by atoms with Crippen molar-refractivity contribution in [1.29, 1.82) is 0 Å². The van der Waals surface area contributed by atoms with E-state index in [2.05, 4.69) is 10.1 Å². The minimum atomic E-state index is -1.70. The standard InChI is InChI=1S/C16H21F2N3O2/c1-3-4-7-23-12(2)16(22,9-21-11-19-10-20-21)14-6-5-13(17)8-15(14)18/h5-6,8,10-12,22H,3-4,7,9H2,1-2H3/t12-,16+/m1/s1. The molecule has 1 aromatic heterocycles. The predicted octanol–water partition coefficient (Wildman–Crippen LogP) is 2.65. The fourth-order valence-corrected chi connectivity index (χ4v) is 2.38. The molecule has 0 amide bonds. The highest BCUT2D eigenvalue weighted by Crippen LogP contribution is 2.31. The van der Waals surface area contributed by atoms with Crippen molar-refractivity contribution in [1.82, 2.24) is 14.8 Å². The normalized spacial score (nSPS) is 15.3. The highest BCUT2D eigenvalue weighted by molar-refractivity contribution is 5.26. The molecule has 7 heteroatoms. The molecule has 0 spiro atoms. The van der Waals surface area contributed by atoms with Crippen LogP contribution in [0.5, 0.6) is 0 Å². The number of aliphatic hydroxyl groups is 1. The van der Waals surface area contributed by atoms with Crippen molar-refractivity contribution in [2.24, 2.45) is 0 Å². The Morgan fingerprint density at radius 1 is 1.39 bits per heavy atom. The molecule has 2 atom stereocenters. The number of ether oxygens (including phenoxy) is 1. The zero-order chi connectivity index (χ0) is 16.9. The summed E-state index contributed by atoms with van der Waals surface area (Å²) < 4.78 is 34.5. The summed E-state index contributed by atoms with van der Waals surface area (Å²) in [5.74, 6) is -1.52. The van der Waals surface area contributed by atoms with Gasteiger partial charge in [-0.25, -0.2) is 18.4 Å². The highest BCUT2D eigenvalue weighted by Gasteiger charge is 2.39. The maximum absolute atomic E-state index is 14.2. The molecule has 1 N–H and O–H groups in total. The maximum Gasteiger partial charge on any atom is 0.138 e. The van der Waals surface area contributed by atoms with Gasteiger partial charge in [-0.15, -0.1) is 0 Å². The Balaban J connectivity index is 2.33. The summed E-state index contributed by atoms with van der Waals surface area (Å²) in [7, 11) is 0. The van der Waals surface area contributed by atoms with Crippen LogP contribution < -0.4 is 0 Å². The quantitative estimate of drug-likeness (QED) is 0.758. The van der Waals surface area contributed by atoms with Crippen LogP contribution >= 0.6 is 0 Å². The van der Waals surface area contributed by atoms with E-state index in [1.54, 1.807) is 6.92 Å². The molecule has 0 aliphatic rings. The first-order valence-electron chi connectivity index (χ1n) is 7.59. The van der Waals surface area contributed by atoms with Crippen molar-refractivity contribution in [3.8, 4) is 0 Å². The Morgan fingerprint density at radius 2 is 2.17 bits per heavy atom. The van der Waals surface area contributed by atoms with Gasteiger partial charge in [0, 0.05) is 18.2 Å². The molecule has 0 aliphatic heterocycles. The molecule has 0 bridgehead atoms. The Hall–Kier alpha value is -1.86. The van der Waals surface area contributed by atoms with Gasteiger partial charge in [-0.1, -0.05) is 19.4 Å². The average molecular weight is 325 g/mol. The van der Waals surface area contributed by atoms with E-state index < -0.39 is 23.3 Å². The van der Waals surface area contributed by atoms with E-state index in [0.717, 1.165) is 25.0 Å². The Bertz CT molecular complexity index is 622. The molecular formula is C16H21F2N3O2. The van der Waals surface area contributed by atoms with Crippen LogP contribution in [0.1, 0.15) is 32.3 Å². The fourth-order valence-electron chi connectivity index (χ4n) is 2.38. The number of rotatable bonds is 8. The van der Waals surface area contributed by atoms with Crippen LogP contribution in [-0.2, 0) is 16.9 Å². The van der Waals surface area contributed by atoms with E-state index >= 15 is 0 Å². The van der Waals surface area contributed by atoms with Crippen LogP contribution in [-0.4, -0.2) is 32.6 Å².